The summed E-state index contributed by atoms with van der Waals surface area (Å²) < 4.78 is 5.40. The van der Waals surface area contributed by atoms with E-state index in [1.807, 2.05) is 18.7 Å². The number of nitrogen functional groups attached to an aromatic ring is 1. The van der Waals surface area contributed by atoms with E-state index in [9.17, 15) is 4.79 Å². The van der Waals surface area contributed by atoms with Gasteiger partial charge < -0.3 is 15.1 Å². The van der Waals surface area contributed by atoms with Crippen molar-refractivity contribution >= 4 is 11.7 Å². The molecule has 1 aromatic rings. The van der Waals surface area contributed by atoms with Gasteiger partial charge in [-0.15, -0.1) is 0 Å². The van der Waals surface area contributed by atoms with Gasteiger partial charge in [0, 0.05) is 12.7 Å². The summed E-state index contributed by atoms with van der Waals surface area (Å²) in [5.41, 5.74) is 2.70. The van der Waals surface area contributed by atoms with E-state index in [-0.39, 0.29) is 11.4 Å². The molecule has 6 heteroatoms. The molecule has 98 valence electrons. The number of pyridine rings is 1. The van der Waals surface area contributed by atoms with Crippen LogP contribution in [0.25, 0.3) is 0 Å². The van der Waals surface area contributed by atoms with Crippen LogP contribution in [0.1, 0.15) is 24.2 Å². The fourth-order valence-corrected chi connectivity index (χ4v) is 2.00. The number of rotatable bonds is 2. The van der Waals surface area contributed by atoms with Gasteiger partial charge in [0.1, 0.15) is 5.82 Å². The van der Waals surface area contributed by atoms with Crippen molar-refractivity contribution in [2.24, 2.45) is 5.84 Å². The first-order valence-corrected chi connectivity index (χ1v) is 5.87. The second-order valence-electron chi connectivity index (χ2n) is 4.90. The van der Waals surface area contributed by atoms with Crippen LogP contribution in [0.5, 0.6) is 0 Å². The molecular formula is C12H18N4O2. The molecule has 1 saturated heterocycles. The number of hydrazine groups is 1. The quantitative estimate of drug-likeness (QED) is 0.594. The molecule has 0 bridgehead atoms. The van der Waals surface area contributed by atoms with Crippen LogP contribution in [-0.2, 0) is 4.74 Å². The predicted octanol–water partition coefficient (Wildman–Crippen LogP) is 0.618. The monoisotopic (exact) mass is 250 g/mol. The van der Waals surface area contributed by atoms with E-state index in [4.69, 9.17) is 10.6 Å². The van der Waals surface area contributed by atoms with Gasteiger partial charge in [0.05, 0.1) is 24.3 Å². The normalized spacial score (nSPS) is 18.5. The maximum Gasteiger partial charge on any atom is 0.256 e. The first-order valence-electron chi connectivity index (χ1n) is 5.87. The maximum absolute atomic E-state index is 12.4. The van der Waals surface area contributed by atoms with Crippen molar-refractivity contribution < 1.29 is 9.53 Å². The lowest BCUT2D eigenvalue weighted by Crippen LogP contribution is -2.55. The molecule has 0 aromatic carbocycles. The number of nitrogens with one attached hydrogen (secondary N) is 1. The molecule has 1 aliphatic rings. The van der Waals surface area contributed by atoms with E-state index in [1.165, 1.54) is 6.20 Å². The average molecular weight is 250 g/mol. The van der Waals surface area contributed by atoms with Crippen LogP contribution in [0, 0.1) is 0 Å². The zero-order valence-electron chi connectivity index (χ0n) is 10.6. The van der Waals surface area contributed by atoms with Crippen molar-refractivity contribution in [2.45, 2.75) is 19.4 Å². The zero-order valence-corrected chi connectivity index (χ0v) is 10.6. The van der Waals surface area contributed by atoms with E-state index in [0.717, 1.165) is 0 Å². The fraction of sp³-hybridized carbons (Fsp3) is 0.500. The first kappa shape index (κ1) is 12.8. The van der Waals surface area contributed by atoms with E-state index in [1.54, 1.807) is 12.1 Å². The molecule has 2 rings (SSSR count). The van der Waals surface area contributed by atoms with E-state index in [0.29, 0.717) is 31.1 Å². The van der Waals surface area contributed by atoms with E-state index in [2.05, 4.69) is 10.4 Å². The molecule has 2 heterocycles. The lowest BCUT2D eigenvalue weighted by molar-refractivity contribution is -0.0370. The number of amides is 1. The van der Waals surface area contributed by atoms with Gasteiger partial charge in [-0.05, 0) is 26.0 Å². The SMILES string of the molecule is CC1(C)COCCN1C(=O)c1ccc(NN)nc1. The number of carbonyl (C=O) groups excluding carboxylic acids is 1. The molecule has 1 fully saturated rings. The molecule has 0 radical (unpaired) electrons. The number of hydrogen-bond donors (Lipinski definition) is 2. The molecule has 1 aliphatic heterocycles. The number of hydrogen-bond acceptors (Lipinski definition) is 5. The summed E-state index contributed by atoms with van der Waals surface area (Å²) in [5.74, 6) is 5.74. The summed E-state index contributed by atoms with van der Waals surface area (Å²) in [6.45, 7) is 5.71. The average Bonchev–Trinajstić information content (AvgIpc) is 2.37. The number of morpholine rings is 1. The summed E-state index contributed by atoms with van der Waals surface area (Å²) in [4.78, 5) is 18.3. The Morgan fingerprint density at radius 3 is 2.89 bits per heavy atom. The van der Waals surface area contributed by atoms with Gasteiger partial charge in [0.2, 0.25) is 0 Å². The minimum absolute atomic E-state index is 0.0284. The molecule has 0 spiro atoms. The van der Waals surface area contributed by atoms with Gasteiger partial charge in [-0.1, -0.05) is 0 Å². The van der Waals surface area contributed by atoms with E-state index < -0.39 is 0 Å². The lowest BCUT2D eigenvalue weighted by Gasteiger charge is -2.42. The molecule has 3 N–H and O–H groups in total. The lowest BCUT2D eigenvalue weighted by atomic mass is 10.0. The Morgan fingerprint density at radius 1 is 1.56 bits per heavy atom. The third-order valence-corrected chi connectivity index (χ3v) is 3.05. The molecule has 0 unspecified atom stereocenters. The summed E-state index contributed by atoms with van der Waals surface area (Å²) in [6.07, 6.45) is 1.53. The third-order valence-electron chi connectivity index (χ3n) is 3.05. The number of carbonyl (C=O) groups is 1. The molecule has 18 heavy (non-hydrogen) atoms. The molecule has 0 aliphatic carbocycles. The van der Waals surface area contributed by atoms with Crippen LogP contribution in [0.3, 0.4) is 0 Å². The maximum atomic E-state index is 12.4. The third kappa shape index (κ3) is 2.44. The van der Waals surface area contributed by atoms with E-state index >= 15 is 0 Å². The summed E-state index contributed by atoms with van der Waals surface area (Å²) >= 11 is 0. The first-order chi connectivity index (χ1) is 8.54. The zero-order chi connectivity index (χ0) is 13.2. The van der Waals surface area contributed by atoms with Crippen LogP contribution in [0.15, 0.2) is 18.3 Å². The van der Waals surface area contributed by atoms with Crippen molar-refractivity contribution in [3.63, 3.8) is 0 Å². The van der Waals surface area contributed by atoms with Gasteiger partial charge in [-0.2, -0.15) is 0 Å². The largest absolute Gasteiger partial charge is 0.377 e. The Bertz CT molecular complexity index is 430. The summed E-state index contributed by atoms with van der Waals surface area (Å²) in [5, 5.41) is 0. The van der Waals surface area contributed by atoms with Gasteiger partial charge in [-0.25, -0.2) is 10.8 Å². The molecule has 0 saturated carbocycles. The second kappa shape index (κ2) is 4.91. The van der Waals surface area contributed by atoms with Crippen molar-refractivity contribution in [3.8, 4) is 0 Å². The molecule has 1 amide bonds. The van der Waals surface area contributed by atoms with Crippen molar-refractivity contribution in [3.05, 3.63) is 23.9 Å². The summed E-state index contributed by atoms with van der Waals surface area (Å²) in [6, 6.07) is 3.40. The molecule has 1 aromatic heterocycles. The Balaban J connectivity index is 2.19. The highest BCUT2D eigenvalue weighted by atomic mass is 16.5. The standard InChI is InChI=1S/C12H18N4O2/c1-12(2)8-18-6-5-16(12)11(17)9-3-4-10(15-13)14-7-9/h3-4,7H,5-6,8,13H2,1-2H3,(H,14,15). The highest BCUT2D eigenvalue weighted by molar-refractivity contribution is 5.94. The highest BCUT2D eigenvalue weighted by Crippen LogP contribution is 2.21. The van der Waals surface area contributed by atoms with Crippen LogP contribution in [-0.4, -0.2) is 41.1 Å². The predicted molar refractivity (Wildman–Crippen MR) is 68.0 cm³/mol. The molecule has 0 atom stereocenters. The van der Waals surface area contributed by atoms with Gasteiger partial charge in [0.15, 0.2) is 0 Å². The topological polar surface area (TPSA) is 80.5 Å². The van der Waals surface area contributed by atoms with Gasteiger partial charge in [0.25, 0.3) is 5.91 Å². The van der Waals surface area contributed by atoms with Crippen LogP contribution >= 0.6 is 0 Å². The number of aromatic nitrogens is 1. The number of nitrogens with two attached hydrogens (primary N) is 1. The molecule has 6 nitrogen and oxygen atoms in total. The Labute approximate surface area is 106 Å². The van der Waals surface area contributed by atoms with Crippen molar-refractivity contribution in [1.29, 1.82) is 0 Å². The fourth-order valence-electron chi connectivity index (χ4n) is 2.00. The number of nitrogens with zero attached hydrogens (tertiary/aromatic N) is 2. The van der Waals surface area contributed by atoms with Gasteiger partial charge >= 0.3 is 0 Å². The van der Waals surface area contributed by atoms with Crippen LogP contribution in [0.2, 0.25) is 0 Å². The van der Waals surface area contributed by atoms with Crippen molar-refractivity contribution in [1.82, 2.24) is 9.88 Å². The number of ether oxygens (including phenoxy) is 1. The Morgan fingerprint density at radius 2 is 2.33 bits per heavy atom. The smallest absolute Gasteiger partial charge is 0.256 e. The highest BCUT2D eigenvalue weighted by Gasteiger charge is 2.34. The van der Waals surface area contributed by atoms with Crippen molar-refractivity contribution in [2.75, 3.05) is 25.2 Å². The number of anilines is 1. The summed E-state index contributed by atoms with van der Waals surface area (Å²) in [7, 11) is 0. The van der Waals surface area contributed by atoms with Crippen LogP contribution < -0.4 is 11.3 Å². The Kier molecular flexibility index (Phi) is 3.49. The van der Waals surface area contributed by atoms with Gasteiger partial charge in [-0.3, -0.25) is 4.79 Å². The minimum atomic E-state index is -0.292. The minimum Gasteiger partial charge on any atom is -0.377 e. The molecular weight excluding hydrogens is 232 g/mol. The van der Waals surface area contributed by atoms with Crippen LogP contribution in [0.4, 0.5) is 5.82 Å². The second-order valence-corrected chi connectivity index (χ2v) is 4.90. The Hall–Kier alpha value is -1.66.